The Hall–Kier alpha value is -8.52. The summed E-state index contributed by atoms with van der Waals surface area (Å²) in [7, 11) is 0. The molecule has 1 atom stereocenters. The van der Waals surface area contributed by atoms with Crippen LogP contribution in [0.15, 0.2) is 255 Å². The quantitative estimate of drug-likeness (QED) is 0.144. The molecule has 314 valence electrons. The summed E-state index contributed by atoms with van der Waals surface area (Å²) >= 11 is 0. The van der Waals surface area contributed by atoms with Gasteiger partial charge in [0.25, 0.3) is 0 Å². The topological polar surface area (TPSA) is 3.24 Å². The predicted molar refractivity (Wildman–Crippen MR) is 285 cm³/mol. The van der Waals surface area contributed by atoms with Crippen molar-refractivity contribution in [2.24, 2.45) is 0 Å². The Morgan fingerprint density at radius 2 is 0.806 bits per heavy atom. The fourth-order valence-electron chi connectivity index (χ4n) is 11.3. The first kappa shape index (κ1) is 38.9. The van der Waals surface area contributed by atoms with Crippen LogP contribution in [0.4, 0.5) is 17.1 Å². The van der Waals surface area contributed by atoms with Crippen molar-refractivity contribution in [3.63, 3.8) is 0 Å². The van der Waals surface area contributed by atoms with Gasteiger partial charge in [0, 0.05) is 22.5 Å². The summed E-state index contributed by atoms with van der Waals surface area (Å²) in [5.74, 6) is 0. The fraction of sp³-hybridized carbons (Fsp3) is 0.0303. The van der Waals surface area contributed by atoms with E-state index in [1.165, 1.54) is 98.7 Å². The van der Waals surface area contributed by atoms with E-state index in [2.05, 4.69) is 267 Å². The van der Waals surface area contributed by atoms with Crippen molar-refractivity contribution >= 4 is 60.2 Å². The Balaban J connectivity index is 1.02. The van der Waals surface area contributed by atoms with E-state index in [0.29, 0.717) is 0 Å². The third-order valence-corrected chi connectivity index (χ3v) is 14.5. The van der Waals surface area contributed by atoms with Crippen LogP contribution in [0.3, 0.4) is 0 Å². The Morgan fingerprint density at radius 3 is 1.60 bits per heavy atom. The molecule has 12 aromatic rings. The standard InChI is InChI=1S/C66H45N/c1-66(50-24-9-4-10-25-50)62-31-16-15-29-58(62)60-43-53(36-39-63(60)66)67(52-35-38-55-49(41-52)33-32-44-18-11-12-27-54(44)55)51-26-17-23-47(40-51)48-34-37-57-56-28-13-14-30-59(56)64(45-19-5-2-6-20-45)65(61(57)42-48)46-21-7-3-8-22-46/h2-43H,1H3. The summed E-state index contributed by atoms with van der Waals surface area (Å²) in [6.07, 6.45) is 0. The molecule has 1 unspecified atom stereocenters. The highest BCUT2D eigenvalue weighted by atomic mass is 15.1. The molecular formula is C66H45N. The molecule has 1 aliphatic rings. The Kier molecular flexibility index (Phi) is 9.05. The van der Waals surface area contributed by atoms with Gasteiger partial charge in [-0.2, -0.15) is 0 Å². The minimum Gasteiger partial charge on any atom is -0.310 e. The lowest BCUT2D eigenvalue weighted by Crippen LogP contribution is -2.22. The maximum atomic E-state index is 2.46. The molecule has 0 fully saturated rings. The molecule has 1 aliphatic carbocycles. The molecule has 0 N–H and O–H groups in total. The monoisotopic (exact) mass is 851 g/mol. The molecule has 1 nitrogen and oxygen atoms in total. The highest BCUT2D eigenvalue weighted by molar-refractivity contribution is 6.22. The van der Waals surface area contributed by atoms with E-state index in [1.54, 1.807) is 0 Å². The molecule has 1 heteroatoms. The van der Waals surface area contributed by atoms with E-state index in [0.717, 1.165) is 22.6 Å². The van der Waals surface area contributed by atoms with Crippen LogP contribution < -0.4 is 4.90 Å². The largest absolute Gasteiger partial charge is 0.310 e. The van der Waals surface area contributed by atoms with Crippen molar-refractivity contribution in [2.75, 3.05) is 4.90 Å². The minimum absolute atomic E-state index is 0.277. The molecule has 0 aliphatic heterocycles. The van der Waals surface area contributed by atoms with Gasteiger partial charge in [0.1, 0.15) is 0 Å². The van der Waals surface area contributed by atoms with Crippen LogP contribution in [0, 0.1) is 0 Å². The van der Waals surface area contributed by atoms with Crippen molar-refractivity contribution in [3.05, 3.63) is 271 Å². The number of hydrogen-bond acceptors (Lipinski definition) is 1. The average Bonchev–Trinajstić information content (AvgIpc) is 3.66. The van der Waals surface area contributed by atoms with Gasteiger partial charge < -0.3 is 4.90 Å². The molecule has 13 rings (SSSR count). The molecular weight excluding hydrogens is 807 g/mol. The second-order valence-electron chi connectivity index (χ2n) is 18.1. The normalized spacial score (nSPS) is 14.1. The molecule has 0 heterocycles. The van der Waals surface area contributed by atoms with Crippen LogP contribution in [-0.2, 0) is 5.41 Å². The van der Waals surface area contributed by atoms with Crippen molar-refractivity contribution in [1.82, 2.24) is 0 Å². The van der Waals surface area contributed by atoms with Crippen LogP contribution in [0.2, 0.25) is 0 Å². The molecule has 0 radical (unpaired) electrons. The smallest absolute Gasteiger partial charge is 0.0468 e. The third kappa shape index (κ3) is 6.23. The van der Waals surface area contributed by atoms with Gasteiger partial charge in [-0.1, -0.05) is 212 Å². The Morgan fingerprint density at radius 1 is 0.284 bits per heavy atom. The van der Waals surface area contributed by atoms with Gasteiger partial charge in [-0.05, 0) is 154 Å². The molecule has 0 aromatic heterocycles. The summed E-state index contributed by atoms with van der Waals surface area (Å²) in [5.41, 5.74) is 16.9. The maximum Gasteiger partial charge on any atom is 0.0468 e. The van der Waals surface area contributed by atoms with Crippen LogP contribution in [0.1, 0.15) is 23.6 Å². The summed E-state index contributed by atoms with van der Waals surface area (Å²) in [6.45, 7) is 2.39. The molecule has 0 spiro atoms. The van der Waals surface area contributed by atoms with E-state index < -0.39 is 0 Å². The first-order valence-electron chi connectivity index (χ1n) is 23.3. The van der Waals surface area contributed by atoms with Gasteiger partial charge in [-0.25, -0.2) is 0 Å². The summed E-state index contributed by atoms with van der Waals surface area (Å²) in [4.78, 5) is 2.46. The van der Waals surface area contributed by atoms with Crippen LogP contribution >= 0.6 is 0 Å². The summed E-state index contributed by atoms with van der Waals surface area (Å²) < 4.78 is 0. The second-order valence-corrected chi connectivity index (χ2v) is 18.1. The van der Waals surface area contributed by atoms with Crippen molar-refractivity contribution in [1.29, 1.82) is 0 Å². The SMILES string of the molecule is CC1(c2ccccc2)c2ccccc2-c2cc(N(c3cccc(-c4ccc5c(c4)c(-c4ccccc4)c(-c4ccccc4)c4ccccc45)c3)c3ccc4c(ccc5ccccc54)c3)ccc21. The average molecular weight is 852 g/mol. The Bertz CT molecular complexity index is 3870. The van der Waals surface area contributed by atoms with E-state index in [9.17, 15) is 0 Å². The van der Waals surface area contributed by atoms with E-state index in [-0.39, 0.29) is 5.41 Å². The molecule has 67 heavy (non-hydrogen) atoms. The molecule has 12 aromatic carbocycles. The van der Waals surface area contributed by atoms with E-state index in [1.807, 2.05) is 0 Å². The van der Waals surface area contributed by atoms with E-state index in [4.69, 9.17) is 0 Å². The number of anilines is 3. The van der Waals surface area contributed by atoms with Crippen molar-refractivity contribution in [3.8, 4) is 44.5 Å². The predicted octanol–water partition coefficient (Wildman–Crippen LogP) is 18.1. The lowest BCUT2D eigenvalue weighted by molar-refractivity contribution is 0.714. The number of fused-ring (bicyclic) bond motifs is 9. The number of rotatable bonds is 7. The van der Waals surface area contributed by atoms with Gasteiger partial charge in [0.15, 0.2) is 0 Å². The zero-order valence-electron chi connectivity index (χ0n) is 37.2. The van der Waals surface area contributed by atoms with Crippen molar-refractivity contribution < 1.29 is 0 Å². The zero-order valence-corrected chi connectivity index (χ0v) is 37.2. The van der Waals surface area contributed by atoms with Crippen molar-refractivity contribution in [2.45, 2.75) is 12.3 Å². The highest BCUT2D eigenvalue weighted by Gasteiger charge is 2.41. The lowest BCUT2D eigenvalue weighted by atomic mass is 9.74. The number of hydrogen-bond donors (Lipinski definition) is 0. The number of nitrogens with zero attached hydrogens (tertiary/aromatic N) is 1. The van der Waals surface area contributed by atoms with Crippen LogP contribution in [-0.4, -0.2) is 0 Å². The summed E-state index contributed by atoms with van der Waals surface area (Å²) in [6, 6.07) is 94.2. The Labute approximate surface area is 391 Å². The molecule has 0 saturated carbocycles. The first-order valence-corrected chi connectivity index (χ1v) is 23.3. The molecule has 0 amide bonds. The molecule has 0 bridgehead atoms. The van der Waals surface area contributed by atoms with E-state index >= 15 is 0 Å². The third-order valence-electron chi connectivity index (χ3n) is 14.5. The van der Waals surface area contributed by atoms with Crippen LogP contribution in [0.5, 0.6) is 0 Å². The van der Waals surface area contributed by atoms with Gasteiger partial charge >= 0.3 is 0 Å². The summed E-state index contributed by atoms with van der Waals surface area (Å²) in [5, 5.41) is 9.99. The highest BCUT2D eigenvalue weighted by Crippen LogP contribution is 2.54. The zero-order chi connectivity index (χ0) is 44.5. The van der Waals surface area contributed by atoms with Gasteiger partial charge in [-0.3, -0.25) is 0 Å². The lowest BCUT2D eigenvalue weighted by Gasteiger charge is -2.30. The van der Waals surface area contributed by atoms with Gasteiger partial charge in [-0.15, -0.1) is 0 Å². The van der Waals surface area contributed by atoms with Crippen LogP contribution in [0.25, 0.3) is 87.6 Å². The number of benzene rings is 12. The second kappa shape index (κ2) is 15.6. The fourth-order valence-corrected chi connectivity index (χ4v) is 11.3. The van der Waals surface area contributed by atoms with Gasteiger partial charge in [0.05, 0.1) is 0 Å². The van der Waals surface area contributed by atoms with Gasteiger partial charge in [0.2, 0.25) is 0 Å². The minimum atomic E-state index is -0.277. The molecule has 0 saturated heterocycles. The maximum absolute atomic E-state index is 2.46. The first-order chi connectivity index (χ1) is 33.1.